The van der Waals surface area contributed by atoms with Crippen LogP contribution in [0.2, 0.25) is 0 Å². The minimum atomic E-state index is -0.822. The summed E-state index contributed by atoms with van der Waals surface area (Å²) in [6, 6.07) is 7.88. The number of carboxylic acids is 1. The van der Waals surface area contributed by atoms with Gasteiger partial charge in [0.25, 0.3) is 0 Å². The third-order valence-electron chi connectivity index (χ3n) is 4.02. The zero-order chi connectivity index (χ0) is 16.1. The van der Waals surface area contributed by atoms with Crippen molar-refractivity contribution >= 4 is 24.3 Å². The molecule has 0 saturated carbocycles. The molecule has 1 aliphatic rings. The molecule has 1 atom stereocenters. The van der Waals surface area contributed by atoms with E-state index in [0.29, 0.717) is 32.0 Å². The first-order valence-electron chi connectivity index (χ1n) is 7.70. The molecule has 1 aromatic rings. The Hall–Kier alpha value is -1.75. The molecule has 128 valence electrons. The second kappa shape index (κ2) is 8.77. The number of likely N-dealkylation sites (tertiary alicyclic amines) is 1. The lowest BCUT2D eigenvalue weighted by molar-refractivity contribution is -0.141. The van der Waals surface area contributed by atoms with Gasteiger partial charge in [-0.15, -0.1) is 12.4 Å². The minimum absolute atomic E-state index is 0. The molecule has 1 N–H and O–H groups in total. The van der Waals surface area contributed by atoms with E-state index in [0.717, 1.165) is 5.75 Å². The first-order valence-corrected chi connectivity index (χ1v) is 7.70. The smallest absolute Gasteiger partial charge is 0.308 e. The number of rotatable bonds is 6. The van der Waals surface area contributed by atoms with E-state index >= 15 is 0 Å². The molecule has 0 radical (unpaired) electrons. The van der Waals surface area contributed by atoms with Crippen LogP contribution in [-0.2, 0) is 9.59 Å². The van der Waals surface area contributed by atoms with Gasteiger partial charge in [0, 0.05) is 13.1 Å². The van der Waals surface area contributed by atoms with E-state index in [1.807, 2.05) is 24.3 Å². The Morgan fingerprint density at radius 1 is 1.30 bits per heavy atom. The van der Waals surface area contributed by atoms with Crippen molar-refractivity contribution in [2.24, 2.45) is 5.92 Å². The molecular formula is C17H24ClNO4. The van der Waals surface area contributed by atoms with Gasteiger partial charge in [-0.05, 0) is 30.0 Å². The molecule has 1 heterocycles. The van der Waals surface area contributed by atoms with Crippen molar-refractivity contribution in [1.29, 1.82) is 0 Å². The highest BCUT2D eigenvalue weighted by Gasteiger charge is 2.30. The fourth-order valence-corrected chi connectivity index (χ4v) is 2.55. The van der Waals surface area contributed by atoms with E-state index in [1.165, 1.54) is 5.56 Å². The summed E-state index contributed by atoms with van der Waals surface area (Å²) in [5.74, 6) is -0.0530. The lowest BCUT2D eigenvalue weighted by Crippen LogP contribution is -2.30. The number of carbonyl (C=O) groups excluding carboxylic acids is 1. The first-order chi connectivity index (χ1) is 10.5. The molecule has 6 heteroatoms. The largest absolute Gasteiger partial charge is 0.493 e. The average Bonchev–Trinajstić information content (AvgIpc) is 2.98. The summed E-state index contributed by atoms with van der Waals surface area (Å²) in [4.78, 5) is 24.5. The third-order valence-corrected chi connectivity index (χ3v) is 4.02. The highest BCUT2D eigenvalue weighted by Crippen LogP contribution is 2.19. The topological polar surface area (TPSA) is 66.8 Å². The average molecular weight is 342 g/mol. The summed E-state index contributed by atoms with van der Waals surface area (Å²) in [7, 11) is 0. The molecule has 1 aliphatic heterocycles. The van der Waals surface area contributed by atoms with Gasteiger partial charge < -0.3 is 14.7 Å². The Labute approximate surface area is 143 Å². The predicted molar refractivity (Wildman–Crippen MR) is 90.2 cm³/mol. The molecule has 1 saturated heterocycles. The minimum Gasteiger partial charge on any atom is -0.493 e. The van der Waals surface area contributed by atoms with Crippen LogP contribution in [0.5, 0.6) is 5.75 Å². The molecule has 2 rings (SSSR count). The lowest BCUT2D eigenvalue weighted by Gasteiger charge is -2.16. The Kier molecular flexibility index (Phi) is 7.36. The maximum atomic E-state index is 12.0. The van der Waals surface area contributed by atoms with Gasteiger partial charge in [-0.3, -0.25) is 9.59 Å². The number of hydrogen-bond acceptors (Lipinski definition) is 3. The maximum absolute atomic E-state index is 12.0. The summed E-state index contributed by atoms with van der Waals surface area (Å²) in [6.07, 6.45) is 0.816. The van der Waals surface area contributed by atoms with E-state index in [-0.39, 0.29) is 24.7 Å². The molecule has 1 fully saturated rings. The summed E-state index contributed by atoms with van der Waals surface area (Å²) >= 11 is 0. The first kappa shape index (κ1) is 19.3. The third kappa shape index (κ3) is 5.43. The number of carbonyl (C=O) groups is 2. The van der Waals surface area contributed by atoms with Crippen LogP contribution in [0.4, 0.5) is 0 Å². The van der Waals surface area contributed by atoms with Crippen LogP contribution in [0, 0.1) is 5.92 Å². The molecule has 23 heavy (non-hydrogen) atoms. The molecule has 1 amide bonds. The molecule has 0 aliphatic carbocycles. The lowest BCUT2D eigenvalue weighted by atomic mass is 10.0. The Balaban J connectivity index is 0.00000264. The van der Waals surface area contributed by atoms with E-state index < -0.39 is 11.9 Å². The van der Waals surface area contributed by atoms with Gasteiger partial charge in [-0.25, -0.2) is 0 Å². The second-order valence-corrected chi connectivity index (χ2v) is 5.99. The van der Waals surface area contributed by atoms with Gasteiger partial charge in [-0.2, -0.15) is 0 Å². The van der Waals surface area contributed by atoms with Crippen molar-refractivity contribution < 1.29 is 19.4 Å². The molecule has 0 bridgehead atoms. The van der Waals surface area contributed by atoms with E-state index in [2.05, 4.69) is 13.8 Å². The SMILES string of the molecule is CC(C)c1ccc(OCCC(=O)N2CCC(C(=O)O)C2)cc1.Cl. The van der Waals surface area contributed by atoms with Crippen LogP contribution >= 0.6 is 12.4 Å². The summed E-state index contributed by atoms with van der Waals surface area (Å²) in [6.45, 7) is 5.42. The molecular weight excluding hydrogens is 318 g/mol. The van der Waals surface area contributed by atoms with Gasteiger partial charge in [0.05, 0.1) is 18.9 Å². The van der Waals surface area contributed by atoms with E-state index in [1.54, 1.807) is 4.90 Å². The van der Waals surface area contributed by atoms with Crippen molar-refractivity contribution in [3.8, 4) is 5.75 Å². The van der Waals surface area contributed by atoms with Crippen molar-refractivity contribution in [1.82, 2.24) is 4.90 Å². The van der Waals surface area contributed by atoms with E-state index in [9.17, 15) is 9.59 Å². The number of nitrogens with zero attached hydrogens (tertiary/aromatic N) is 1. The highest BCUT2D eigenvalue weighted by molar-refractivity contribution is 5.85. The Morgan fingerprint density at radius 2 is 1.96 bits per heavy atom. The quantitative estimate of drug-likeness (QED) is 0.863. The second-order valence-electron chi connectivity index (χ2n) is 5.99. The summed E-state index contributed by atoms with van der Waals surface area (Å²) in [5.41, 5.74) is 1.25. The van der Waals surface area contributed by atoms with Crippen LogP contribution < -0.4 is 4.74 Å². The number of aliphatic carboxylic acids is 1. The van der Waals surface area contributed by atoms with Crippen molar-refractivity contribution in [3.63, 3.8) is 0 Å². The summed E-state index contributed by atoms with van der Waals surface area (Å²) < 4.78 is 5.58. The normalized spacial score (nSPS) is 17.0. The van der Waals surface area contributed by atoms with Crippen molar-refractivity contribution in [2.45, 2.75) is 32.6 Å². The van der Waals surface area contributed by atoms with E-state index in [4.69, 9.17) is 9.84 Å². The molecule has 5 nitrogen and oxygen atoms in total. The van der Waals surface area contributed by atoms with Crippen molar-refractivity contribution in [3.05, 3.63) is 29.8 Å². The van der Waals surface area contributed by atoms with Crippen LogP contribution in [0.25, 0.3) is 0 Å². The Morgan fingerprint density at radius 3 is 2.48 bits per heavy atom. The zero-order valence-corrected chi connectivity index (χ0v) is 14.3. The van der Waals surface area contributed by atoms with Crippen LogP contribution in [0.15, 0.2) is 24.3 Å². The fourth-order valence-electron chi connectivity index (χ4n) is 2.55. The molecule has 0 aromatic heterocycles. The molecule has 1 unspecified atom stereocenters. The number of carboxylic acid groups (broad SMARTS) is 1. The number of amides is 1. The number of hydrogen-bond donors (Lipinski definition) is 1. The number of benzene rings is 1. The number of halogens is 1. The van der Waals surface area contributed by atoms with Gasteiger partial charge >= 0.3 is 5.97 Å². The zero-order valence-electron chi connectivity index (χ0n) is 13.5. The number of ether oxygens (including phenoxy) is 1. The van der Waals surface area contributed by atoms with Gasteiger partial charge in [-0.1, -0.05) is 26.0 Å². The van der Waals surface area contributed by atoms with Gasteiger partial charge in [0.1, 0.15) is 5.75 Å². The van der Waals surface area contributed by atoms with Crippen LogP contribution in [0.3, 0.4) is 0 Å². The molecule has 1 aromatic carbocycles. The van der Waals surface area contributed by atoms with Crippen LogP contribution in [0.1, 0.15) is 38.2 Å². The summed E-state index contributed by atoms with van der Waals surface area (Å²) in [5, 5.41) is 8.94. The molecule has 0 spiro atoms. The van der Waals surface area contributed by atoms with Gasteiger partial charge in [0.15, 0.2) is 0 Å². The fraction of sp³-hybridized carbons (Fsp3) is 0.529. The standard InChI is InChI=1S/C17H23NO4.ClH/c1-12(2)13-3-5-15(6-4-13)22-10-8-16(19)18-9-7-14(11-18)17(20)21;/h3-6,12,14H,7-11H2,1-2H3,(H,20,21);1H. The van der Waals surface area contributed by atoms with Crippen molar-refractivity contribution in [2.75, 3.05) is 19.7 Å². The highest BCUT2D eigenvalue weighted by atomic mass is 35.5. The Bertz CT molecular complexity index is 530. The van der Waals surface area contributed by atoms with Crippen LogP contribution in [-0.4, -0.2) is 41.6 Å². The predicted octanol–water partition coefficient (Wildman–Crippen LogP) is 2.93. The monoisotopic (exact) mass is 341 g/mol. The van der Waals surface area contributed by atoms with Gasteiger partial charge in [0.2, 0.25) is 5.91 Å². The maximum Gasteiger partial charge on any atom is 0.308 e.